The van der Waals surface area contributed by atoms with Gasteiger partial charge in [-0.05, 0) is 24.6 Å². The van der Waals surface area contributed by atoms with Gasteiger partial charge in [-0.1, -0.05) is 18.5 Å². The van der Waals surface area contributed by atoms with Gasteiger partial charge in [0.25, 0.3) is 0 Å². The molecule has 5 nitrogen and oxygen atoms in total. The summed E-state index contributed by atoms with van der Waals surface area (Å²) in [5.41, 5.74) is 0.336. The van der Waals surface area contributed by atoms with Crippen LogP contribution in [0.2, 0.25) is 5.02 Å². The molecule has 0 amide bonds. The number of benzene rings is 1. The first kappa shape index (κ1) is 15.3. The number of halogens is 1. The first-order valence-electron chi connectivity index (χ1n) is 6.30. The number of sulfonamides is 1. The Labute approximate surface area is 123 Å². The topological polar surface area (TPSA) is 70.4 Å². The van der Waals surface area contributed by atoms with Gasteiger partial charge in [0.15, 0.2) is 0 Å². The van der Waals surface area contributed by atoms with E-state index in [1.807, 2.05) is 13.0 Å². The van der Waals surface area contributed by atoms with E-state index >= 15 is 0 Å². The standard InChI is InChI=1S/C13H15ClN2O3S/c1-2-11-9-16(5-6-19-11)20(17,18)13-4-3-10(8-15)7-12(13)14/h3-4,7,11H,2,5-6,9H2,1H3. The number of hydrogen-bond acceptors (Lipinski definition) is 4. The van der Waals surface area contributed by atoms with Crippen molar-refractivity contribution >= 4 is 21.6 Å². The predicted octanol–water partition coefficient (Wildman–Crippen LogP) is 2.01. The van der Waals surface area contributed by atoms with Crippen molar-refractivity contribution < 1.29 is 13.2 Å². The van der Waals surface area contributed by atoms with Crippen LogP contribution in [0.5, 0.6) is 0 Å². The van der Waals surface area contributed by atoms with E-state index < -0.39 is 10.0 Å². The summed E-state index contributed by atoms with van der Waals surface area (Å²) in [6, 6.07) is 6.13. The van der Waals surface area contributed by atoms with E-state index in [9.17, 15) is 8.42 Å². The highest BCUT2D eigenvalue weighted by molar-refractivity contribution is 7.89. The van der Waals surface area contributed by atoms with Crippen molar-refractivity contribution in [1.29, 1.82) is 5.26 Å². The van der Waals surface area contributed by atoms with Gasteiger partial charge >= 0.3 is 0 Å². The third kappa shape index (κ3) is 2.96. The zero-order valence-electron chi connectivity index (χ0n) is 11.0. The molecule has 7 heteroatoms. The van der Waals surface area contributed by atoms with Crippen LogP contribution in [0.15, 0.2) is 23.1 Å². The van der Waals surface area contributed by atoms with E-state index in [0.29, 0.717) is 25.3 Å². The molecule has 1 aromatic rings. The van der Waals surface area contributed by atoms with Gasteiger partial charge in [-0.3, -0.25) is 0 Å². The van der Waals surface area contributed by atoms with Gasteiger partial charge in [0.2, 0.25) is 10.0 Å². The number of nitriles is 1. The SMILES string of the molecule is CCC1CN(S(=O)(=O)c2ccc(C#N)cc2Cl)CCO1. The Morgan fingerprint density at radius 1 is 1.55 bits per heavy atom. The average molecular weight is 315 g/mol. The summed E-state index contributed by atoms with van der Waals surface area (Å²) in [7, 11) is -3.65. The second kappa shape index (κ2) is 6.10. The molecule has 0 aromatic heterocycles. The molecule has 1 aliphatic heterocycles. The Bertz CT molecular complexity index is 640. The minimum absolute atomic E-state index is 0.0370. The van der Waals surface area contributed by atoms with Gasteiger partial charge in [-0.15, -0.1) is 0 Å². The lowest BCUT2D eigenvalue weighted by molar-refractivity contribution is -0.00277. The summed E-state index contributed by atoms with van der Waals surface area (Å²) in [6.45, 7) is 2.98. The van der Waals surface area contributed by atoms with Gasteiger partial charge < -0.3 is 4.74 Å². The van der Waals surface area contributed by atoms with Crippen molar-refractivity contribution in [3.05, 3.63) is 28.8 Å². The molecule has 1 heterocycles. The number of rotatable bonds is 3. The van der Waals surface area contributed by atoms with Crippen molar-refractivity contribution in [2.75, 3.05) is 19.7 Å². The van der Waals surface area contributed by atoms with Gasteiger partial charge in [0.05, 0.1) is 29.4 Å². The van der Waals surface area contributed by atoms with Crippen LogP contribution < -0.4 is 0 Å². The largest absolute Gasteiger partial charge is 0.375 e. The summed E-state index contributed by atoms with van der Waals surface area (Å²) in [5, 5.41) is 8.86. The quantitative estimate of drug-likeness (QED) is 0.855. The molecular weight excluding hydrogens is 300 g/mol. The maximum Gasteiger partial charge on any atom is 0.244 e. The average Bonchev–Trinajstić information content (AvgIpc) is 2.46. The molecule has 0 bridgehead atoms. The zero-order chi connectivity index (χ0) is 14.8. The smallest absolute Gasteiger partial charge is 0.244 e. The molecule has 0 N–H and O–H groups in total. The fourth-order valence-electron chi connectivity index (χ4n) is 2.08. The molecule has 1 atom stereocenters. The summed E-state index contributed by atoms with van der Waals surface area (Å²) < 4.78 is 32.0. The van der Waals surface area contributed by atoms with Crippen LogP contribution in [0.25, 0.3) is 0 Å². The lowest BCUT2D eigenvalue weighted by atomic mass is 10.2. The number of hydrogen-bond donors (Lipinski definition) is 0. The molecule has 0 saturated carbocycles. The maximum atomic E-state index is 12.6. The third-order valence-corrected chi connectivity index (χ3v) is 5.58. The molecule has 2 rings (SSSR count). The molecule has 20 heavy (non-hydrogen) atoms. The van der Waals surface area contributed by atoms with Crippen LogP contribution in [0.1, 0.15) is 18.9 Å². The Morgan fingerprint density at radius 3 is 2.90 bits per heavy atom. The number of nitrogens with zero attached hydrogens (tertiary/aromatic N) is 2. The minimum atomic E-state index is -3.65. The van der Waals surface area contributed by atoms with E-state index in [-0.39, 0.29) is 16.0 Å². The van der Waals surface area contributed by atoms with E-state index in [1.54, 1.807) is 0 Å². The highest BCUT2D eigenvalue weighted by atomic mass is 35.5. The van der Waals surface area contributed by atoms with E-state index in [4.69, 9.17) is 21.6 Å². The van der Waals surface area contributed by atoms with Gasteiger partial charge in [0.1, 0.15) is 4.90 Å². The van der Waals surface area contributed by atoms with Gasteiger partial charge in [0, 0.05) is 13.1 Å². The Hall–Kier alpha value is -1.13. The van der Waals surface area contributed by atoms with Crippen LogP contribution in [-0.2, 0) is 14.8 Å². The lowest BCUT2D eigenvalue weighted by Gasteiger charge is -2.31. The number of ether oxygens (including phenoxy) is 1. The lowest BCUT2D eigenvalue weighted by Crippen LogP contribution is -2.45. The van der Waals surface area contributed by atoms with Crippen LogP contribution in [-0.4, -0.2) is 38.5 Å². The van der Waals surface area contributed by atoms with Gasteiger partial charge in [-0.25, -0.2) is 8.42 Å². The van der Waals surface area contributed by atoms with E-state index in [2.05, 4.69) is 0 Å². The van der Waals surface area contributed by atoms with Crippen molar-refractivity contribution in [2.24, 2.45) is 0 Å². The molecule has 1 unspecified atom stereocenters. The normalized spacial score (nSPS) is 20.6. The Kier molecular flexibility index (Phi) is 4.66. The third-order valence-electron chi connectivity index (χ3n) is 3.24. The molecule has 1 fully saturated rings. The van der Waals surface area contributed by atoms with E-state index in [0.717, 1.165) is 6.42 Å². The van der Waals surface area contributed by atoms with Crippen LogP contribution >= 0.6 is 11.6 Å². The van der Waals surface area contributed by atoms with Crippen LogP contribution in [0.4, 0.5) is 0 Å². The van der Waals surface area contributed by atoms with E-state index in [1.165, 1.54) is 22.5 Å². The number of morpholine rings is 1. The van der Waals surface area contributed by atoms with Crippen molar-refractivity contribution in [2.45, 2.75) is 24.3 Å². The van der Waals surface area contributed by atoms with Gasteiger partial charge in [-0.2, -0.15) is 9.57 Å². The maximum absolute atomic E-state index is 12.6. The summed E-state index contributed by atoms with van der Waals surface area (Å²) in [6.07, 6.45) is 0.670. The summed E-state index contributed by atoms with van der Waals surface area (Å²) in [5.74, 6) is 0. The summed E-state index contributed by atoms with van der Waals surface area (Å²) in [4.78, 5) is 0.0370. The Balaban J connectivity index is 2.33. The molecular formula is C13H15ClN2O3S. The molecule has 1 aliphatic rings. The fraction of sp³-hybridized carbons (Fsp3) is 0.462. The zero-order valence-corrected chi connectivity index (χ0v) is 12.6. The first-order chi connectivity index (χ1) is 9.48. The Morgan fingerprint density at radius 2 is 2.30 bits per heavy atom. The van der Waals surface area contributed by atoms with Crippen LogP contribution in [0, 0.1) is 11.3 Å². The van der Waals surface area contributed by atoms with Crippen molar-refractivity contribution in [3.8, 4) is 6.07 Å². The highest BCUT2D eigenvalue weighted by Crippen LogP contribution is 2.27. The molecule has 108 valence electrons. The van der Waals surface area contributed by atoms with Crippen molar-refractivity contribution in [3.63, 3.8) is 0 Å². The molecule has 0 aliphatic carbocycles. The first-order valence-corrected chi connectivity index (χ1v) is 8.12. The molecule has 0 radical (unpaired) electrons. The van der Waals surface area contributed by atoms with Crippen LogP contribution in [0.3, 0.4) is 0 Å². The second-order valence-corrected chi connectivity index (χ2v) is 6.83. The molecule has 1 aromatic carbocycles. The monoisotopic (exact) mass is 314 g/mol. The highest BCUT2D eigenvalue weighted by Gasteiger charge is 2.31. The molecule has 1 saturated heterocycles. The molecule has 0 spiro atoms. The minimum Gasteiger partial charge on any atom is -0.375 e. The predicted molar refractivity (Wildman–Crippen MR) is 75.0 cm³/mol. The second-order valence-electron chi connectivity index (χ2n) is 4.52. The van der Waals surface area contributed by atoms with Crippen molar-refractivity contribution in [1.82, 2.24) is 4.31 Å². The summed E-state index contributed by atoms with van der Waals surface area (Å²) >= 11 is 5.99. The fourth-order valence-corrected chi connectivity index (χ4v) is 4.05.